The van der Waals surface area contributed by atoms with E-state index in [2.05, 4.69) is 27.7 Å². The summed E-state index contributed by atoms with van der Waals surface area (Å²) in [4.78, 5) is 26.4. The van der Waals surface area contributed by atoms with Crippen LogP contribution in [0.2, 0.25) is 0 Å². The zero-order valence-electron chi connectivity index (χ0n) is 34.1. The molecule has 2 spiro atoms. The van der Waals surface area contributed by atoms with Gasteiger partial charge in [0.2, 0.25) is 0 Å². The number of ketones is 1. The van der Waals surface area contributed by atoms with E-state index in [4.69, 9.17) is 29.4 Å². The molecule has 18 atom stereocenters. The third kappa shape index (κ3) is 7.94. The summed E-state index contributed by atoms with van der Waals surface area (Å²) in [5.41, 5.74) is 5.25. The fourth-order valence-corrected chi connectivity index (χ4v) is 10.5. The zero-order valence-corrected chi connectivity index (χ0v) is 34.1. The minimum atomic E-state index is -1.16. The lowest BCUT2D eigenvalue weighted by molar-refractivity contribution is -0.396. The maximum Gasteiger partial charge on any atom is 0.309 e. The first-order valence-corrected chi connectivity index (χ1v) is 20.8. The average Bonchev–Trinajstić information content (AvgIpc) is 3.47. The van der Waals surface area contributed by atoms with Crippen LogP contribution in [0.15, 0.2) is 12.2 Å². The van der Waals surface area contributed by atoms with Crippen molar-refractivity contribution in [1.29, 1.82) is 0 Å². The lowest BCUT2D eigenvalue weighted by Crippen LogP contribution is -2.64. The highest BCUT2D eigenvalue weighted by Gasteiger charge is 2.62. The number of nitrogens with two attached hydrogens (primary N) is 1. The molecule has 0 amide bonds. The van der Waals surface area contributed by atoms with E-state index in [1.807, 2.05) is 46.8 Å². The minimum absolute atomic E-state index is 0.0449. The van der Waals surface area contributed by atoms with Gasteiger partial charge in [0, 0.05) is 30.1 Å². The summed E-state index contributed by atoms with van der Waals surface area (Å²) in [5.74, 6) is -5.28. The Kier molecular flexibility index (Phi) is 13.0. The Bertz CT molecular complexity index is 1330. The van der Waals surface area contributed by atoms with Gasteiger partial charge in [0.25, 0.3) is 0 Å². The van der Waals surface area contributed by atoms with Gasteiger partial charge in [0.1, 0.15) is 5.78 Å². The third-order valence-electron chi connectivity index (χ3n) is 14.5. The smallest absolute Gasteiger partial charge is 0.309 e. The lowest BCUT2D eigenvalue weighted by Gasteiger charge is -2.54. The van der Waals surface area contributed by atoms with Crippen molar-refractivity contribution < 1.29 is 48.6 Å². The molecule has 5 aliphatic rings. The molecule has 5 rings (SSSR count). The standard InChI is InChI=1S/C42H71NO10/c1-11-29(38(46)47)31-15-14-23(4)36(50-31)27(8)34(44)26(7)35(45)30(12-2)37-24(5)22-25(6)41(51-37)19-16-32(43)42(53-41)21-20-39(10,52-42)33-17-18-40(48,13-3)28(9)49-33/h16,19,23-34,36-37,44,48H,11-15,17-18,20-22,43H2,1-10H3,(H,46,47)/t23-,24-,25+,26-,27-,28-,29+,30?,31+,32+,33+,34+,36+,37-,39-,40+,41-,42-/m0/s1. The number of carbonyl (C=O) groups is 2. The van der Waals surface area contributed by atoms with Crippen LogP contribution in [0.1, 0.15) is 133 Å². The SMILES string of the molecule is CCC(C(=O)[C@@H](C)[C@@H](O)[C@H](C)[C@@H]1O[C@@H]([C@@H](CC)C(=O)O)CC[C@@H]1C)[C@H]1O[C@]2(C=C[C@@H](N)[C@]3(CC[C@@](C)([C@H]4CC[C@](O)(CC)[C@H](C)O4)O3)O2)[C@H](C)C[C@@H]1C. The van der Waals surface area contributed by atoms with Gasteiger partial charge >= 0.3 is 5.97 Å². The van der Waals surface area contributed by atoms with Gasteiger partial charge in [-0.25, -0.2) is 0 Å². The maximum absolute atomic E-state index is 14.5. The number of aliphatic hydroxyl groups excluding tert-OH is 1. The van der Waals surface area contributed by atoms with Crippen LogP contribution >= 0.6 is 0 Å². The van der Waals surface area contributed by atoms with Crippen LogP contribution in [-0.2, 0) is 33.3 Å². The Morgan fingerprint density at radius 2 is 1.58 bits per heavy atom. The molecule has 0 aromatic rings. The zero-order chi connectivity index (χ0) is 39.3. The van der Waals surface area contributed by atoms with E-state index in [0.29, 0.717) is 51.4 Å². The second-order valence-corrected chi connectivity index (χ2v) is 18.0. The topological polar surface area (TPSA) is 167 Å². The fourth-order valence-electron chi connectivity index (χ4n) is 10.5. The summed E-state index contributed by atoms with van der Waals surface area (Å²) < 4.78 is 33.8. The molecule has 0 aliphatic carbocycles. The monoisotopic (exact) mass is 750 g/mol. The van der Waals surface area contributed by atoms with E-state index in [-0.39, 0.29) is 47.8 Å². The summed E-state index contributed by atoms with van der Waals surface area (Å²) in [7, 11) is 0. The van der Waals surface area contributed by atoms with Crippen molar-refractivity contribution in [2.45, 2.75) is 199 Å². The number of hydrogen-bond donors (Lipinski definition) is 4. The molecule has 0 radical (unpaired) electrons. The molecule has 5 N–H and O–H groups in total. The Morgan fingerprint density at radius 1 is 0.906 bits per heavy atom. The predicted molar refractivity (Wildman–Crippen MR) is 201 cm³/mol. The predicted octanol–water partition coefficient (Wildman–Crippen LogP) is 6.15. The van der Waals surface area contributed by atoms with E-state index in [1.165, 1.54) is 0 Å². The minimum Gasteiger partial charge on any atom is -0.481 e. The molecule has 53 heavy (non-hydrogen) atoms. The molecule has 5 heterocycles. The summed E-state index contributed by atoms with van der Waals surface area (Å²) in [5, 5.41) is 32.6. The summed E-state index contributed by atoms with van der Waals surface area (Å²) in [6.45, 7) is 19.8. The number of rotatable bonds is 12. The Hall–Kier alpha value is -1.44. The van der Waals surface area contributed by atoms with Crippen molar-refractivity contribution in [3.8, 4) is 0 Å². The van der Waals surface area contributed by atoms with Crippen LogP contribution < -0.4 is 5.73 Å². The first-order valence-electron chi connectivity index (χ1n) is 20.8. The normalized spacial score (nSPS) is 46.2. The summed E-state index contributed by atoms with van der Waals surface area (Å²) in [6.07, 6.45) is 7.44. The van der Waals surface area contributed by atoms with Crippen LogP contribution in [-0.4, -0.2) is 92.5 Å². The van der Waals surface area contributed by atoms with Crippen molar-refractivity contribution >= 4 is 11.8 Å². The van der Waals surface area contributed by atoms with Gasteiger partial charge in [-0.2, -0.15) is 0 Å². The number of carboxylic acid groups (broad SMARTS) is 1. The molecule has 5 aliphatic heterocycles. The van der Waals surface area contributed by atoms with Crippen LogP contribution in [0.5, 0.6) is 0 Å². The number of Topliss-reactive ketones (excluding diaryl/α,β-unsaturated/α-hetero) is 1. The molecule has 0 aromatic heterocycles. The molecular formula is C42H71NO10. The molecule has 1 unspecified atom stereocenters. The second kappa shape index (κ2) is 16.2. The van der Waals surface area contributed by atoms with Crippen molar-refractivity contribution in [3.63, 3.8) is 0 Å². The van der Waals surface area contributed by atoms with Crippen molar-refractivity contribution in [1.82, 2.24) is 0 Å². The second-order valence-electron chi connectivity index (χ2n) is 18.0. The van der Waals surface area contributed by atoms with E-state index >= 15 is 0 Å². The highest BCUT2D eigenvalue weighted by Crippen LogP contribution is 2.53. The van der Waals surface area contributed by atoms with E-state index in [9.17, 15) is 24.9 Å². The number of hydrogen-bond acceptors (Lipinski definition) is 10. The van der Waals surface area contributed by atoms with Gasteiger partial charge in [-0.1, -0.05) is 61.5 Å². The molecular weight excluding hydrogens is 678 g/mol. The van der Waals surface area contributed by atoms with Crippen molar-refractivity contribution in [3.05, 3.63) is 12.2 Å². The summed E-state index contributed by atoms with van der Waals surface area (Å²) >= 11 is 0. The average molecular weight is 750 g/mol. The highest BCUT2D eigenvalue weighted by molar-refractivity contribution is 5.84. The van der Waals surface area contributed by atoms with E-state index in [0.717, 1.165) is 12.8 Å². The first kappa shape index (κ1) is 42.7. The van der Waals surface area contributed by atoms with Crippen LogP contribution in [0.3, 0.4) is 0 Å². The van der Waals surface area contributed by atoms with Crippen LogP contribution in [0, 0.1) is 41.4 Å². The first-order chi connectivity index (χ1) is 24.8. The van der Waals surface area contributed by atoms with Gasteiger partial charge in [-0.15, -0.1) is 0 Å². The van der Waals surface area contributed by atoms with Gasteiger partial charge < -0.3 is 44.7 Å². The molecule has 0 bridgehead atoms. The molecule has 0 saturated carbocycles. The van der Waals surface area contributed by atoms with Gasteiger partial charge in [-0.3, -0.25) is 9.59 Å². The quantitative estimate of drug-likeness (QED) is 0.169. The fraction of sp³-hybridized carbons (Fsp3) is 0.905. The lowest BCUT2D eigenvalue weighted by atomic mass is 9.72. The Labute approximate surface area is 318 Å². The van der Waals surface area contributed by atoms with Gasteiger partial charge in [0.05, 0.1) is 59.8 Å². The molecule has 4 saturated heterocycles. The Balaban J connectivity index is 1.31. The van der Waals surface area contributed by atoms with E-state index in [1.54, 1.807) is 6.92 Å². The number of carbonyl (C=O) groups excluding carboxylic acids is 1. The van der Waals surface area contributed by atoms with Gasteiger partial charge in [0.15, 0.2) is 11.6 Å². The number of ether oxygens (including phenoxy) is 5. The van der Waals surface area contributed by atoms with Crippen molar-refractivity contribution in [2.75, 3.05) is 0 Å². The van der Waals surface area contributed by atoms with Gasteiger partial charge in [-0.05, 0) is 89.5 Å². The van der Waals surface area contributed by atoms with E-state index < -0.39 is 70.9 Å². The molecule has 0 aromatic carbocycles. The van der Waals surface area contributed by atoms with Crippen molar-refractivity contribution in [2.24, 2.45) is 47.2 Å². The molecule has 304 valence electrons. The summed E-state index contributed by atoms with van der Waals surface area (Å²) in [6, 6.07) is -0.538. The highest BCUT2D eigenvalue weighted by atomic mass is 16.8. The van der Waals surface area contributed by atoms with Crippen LogP contribution in [0.25, 0.3) is 0 Å². The van der Waals surface area contributed by atoms with Crippen LogP contribution in [0.4, 0.5) is 0 Å². The number of aliphatic carboxylic acids is 1. The molecule has 11 nitrogen and oxygen atoms in total. The number of aliphatic hydroxyl groups is 2. The maximum atomic E-state index is 14.5. The largest absolute Gasteiger partial charge is 0.481 e. The molecule has 4 fully saturated rings. The number of carboxylic acids is 1. The third-order valence-corrected chi connectivity index (χ3v) is 14.5. The molecule has 11 heteroatoms. The Morgan fingerprint density at radius 3 is 2.19 bits per heavy atom.